The van der Waals surface area contributed by atoms with Crippen molar-refractivity contribution in [2.24, 2.45) is 5.10 Å². The maximum absolute atomic E-state index is 13.4. The zero-order valence-electron chi connectivity index (χ0n) is 19.0. The summed E-state index contributed by atoms with van der Waals surface area (Å²) in [5, 5.41) is 19.2. The monoisotopic (exact) mass is 485 g/mol. The van der Waals surface area contributed by atoms with Gasteiger partial charge in [-0.15, -0.1) is 11.3 Å². The summed E-state index contributed by atoms with van der Waals surface area (Å²) in [6, 6.07) is 9.67. The molecule has 4 rings (SSSR count). The van der Waals surface area contributed by atoms with Crippen molar-refractivity contribution >= 4 is 34.6 Å². The average Bonchev–Trinajstić information content (AvgIpc) is 3.52. The van der Waals surface area contributed by atoms with Crippen LogP contribution in [0.3, 0.4) is 0 Å². The standard InChI is InChI=1S/C23H27N5O5S/c1-17(29)26(8-7-25-9-11-33-12-10-25)16-23(30)27-21(15-20(24-27)22-6-3-13-34-22)18-4-2-5-19(14-18)28(31)32/h2-6,13-14,21H,7-12,15-16H2,1H3/t21-/m0/s1. The predicted molar refractivity (Wildman–Crippen MR) is 128 cm³/mol. The zero-order chi connectivity index (χ0) is 24.1. The largest absolute Gasteiger partial charge is 0.379 e. The summed E-state index contributed by atoms with van der Waals surface area (Å²) >= 11 is 1.52. The van der Waals surface area contributed by atoms with Gasteiger partial charge in [-0.2, -0.15) is 5.10 Å². The number of non-ortho nitro benzene ring substituents is 1. The molecule has 0 radical (unpaired) electrons. The SMILES string of the molecule is CC(=O)N(CCN1CCOCC1)CC(=O)N1N=C(c2cccs2)C[C@H]1c1cccc([N+](=O)[O-])c1. The molecule has 0 saturated carbocycles. The lowest BCUT2D eigenvalue weighted by Crippen LogP contribution is -2.45. The highest BCUT2D eigenvalue weighted by atomic mass is 32.1. The Kier molecular flexibility index (Phi) is 7.66. The molecular formula is C23H27N5O5S. The quantitative estimate of drug-likeness (QED) is 0.420. The van der Waals surface area contributed by atoms with Crippen molar-refractivity contribution in [2.45, 2.75) is 19.4 Å². The van der Waals surface area contributed by atoms with Crippen LogP contribution in [-0.2, 0) is 14.3 Å². The Morgan fingerprint density at radius 3 is 2.74 bits per heavy atom. The summed E-state index contributed by atoms with van der Waals surface area (Å²) in [4.78, 5) is 41.2. The van der Waals surface area contributed by atoms with E-state index in [9.17, 15) is 19.7 Å². The molecule has 2 aliphatic heterocycles. The van der Waals surface area contributed by atoms with Crippen molar-refractivity contribution in [1.82, 2.24) is 14.8 Å². The van der Waals surface area contributed by atoms with E-state index in [-0.39, 0.29) is 24.0 Å². The lowest BCUT2D eigenvalue weighted by molar-refractivity contribution is -0.385. The Balaban J connectivity index is 1.53. The molecule has 0 N–H and O–H groups in total. The number of morpholine rings is 1. The van der Waals surface area contributed by atoms with E-state index >= 15 is 0 Å². The van der Waals surface area contributed by atoms with Gasteiger partial charge in [0.25, 0.3) is 11.6 Å². The minimum Gasteiger partial charge on any atom is -0.379 e. The number of carbonyl (C=O) groups excluding carboxylic acids is 2. The number of benzene rings is 1. The van der Waals surface area contributed by atoms with Crippen LogP contribution in [0.25, 0.3) is 0 Å². The minimum absolute atomic E-state index is 0.0367. The van der Waals surface area contributed by atoms with Crippen molar-refractivity contribution in [3.05, 3.63) is 62.3 Å². The zero-order valence-corrected chi connectivity index (χ0v) is 19.8. The van der Waals surface area contributed by atoms with Crippen molar-refractivity contribution < 1.29 is 19.2 Å². The van der Waals surface area contributed by atoms with Crippen LogP contribution in [0.2, 0.25) is 0 Å². The van der Waals surface area contributed by atoms with Crippen LogP contribution in [-0.4, -0.2) is 83.2 Å². The molecule has 3 heterocycles. The van der Waals surface area contributed by atoms with Gasteiger partial charge in [-0.25, -0.2) is 5.01 Å². The number of nitro groups is 1. The molecule has 1 aromatic heterocycles. The van der Waals surface area contributed by atoms with Crippen LogP contribution >= 0.6 is 11.3 Å². The van der Waals surface area contributed by atoms with Crippen LogP contribution < -0.4 is 0 Å². The minimum atomic E-state index is -0.474. The first-order valence-corrected chi connectivity index (χ1v) is 12.0. The molecule has 10 nitrogen and oxygen atoms in total. The number of thiophene rings is 1. The molecule has 1 saturated heterocycles. The molecule has 2 amide bonds. The van der Waals surface area contributed by atoms with Crippen LogP contribution in [0.1, 0.15) is 29.8 Å². The maximum Gasteiger partial charge on any atom is 0.269 e. The molecule has 0 aliphatic carbocycles. The van der Waals surface area contributed by atoms with Crippen LogP contribution in [0.5, 0.6) is 0 Å². The third-order valence-electron chi connectivity index (χ3n) is 6.00. The lowest BCUT2D eigenvalue weighted by Gasteiger charge is -2.30. The summed E-state index contributed by atoms with van der Waals surface area (Å²) in [6.45, 7) is 5.37. The molecule has 2 aliphatic rings. The Morgan fingerprint density at radius 1 is 1.26 bits per heavy atom. The van der Waals surface area contributed by atoms with Gasteiger partial charge in [0, 0.05) is 51.7 Å². The summed E-state index contributed by atoms with van der Waals surface area (Å²) in [6.07, 6.45) is 0.446. The third kappa shape index (κ3) is 5.66. The van der Waals surface area contributed by atoms with Crippen molar-refractivity contribution in [3.63, 3.8) is 0 Å². The van der Waals surface area contributed by atoms with Crippen molar-refractivity contribution in [1.29, 1.82) is 0 Å². The van der Waals surface area contributed by atoms with E-state index in [2.05, 4.69) is 10.0 Å². The van der Waals surface area contributed by atoms with E-state index in [0.29, 0.717) is 38.3 Å². The number of amides is 2. The number of ether oxygens (including phenoxy) is 1. The van der Waals surface area contributed by atoms with Gasteiger partial charge in [0.1, 0.15) is 6.54 Å². The van der Waals surface area contributed by atoms with Crippen LogP contribution in [0, 0.1) is 10.1 Å². The normalized spacial score (nSPS) is 18.6. The number of carbonyl (C=O) groups is 2. The third-order valence-corrected chi connectivity index (χ3v) is 6.92. The smallest absolute Gasteiger partial charge is 0.269 e. The summed E-state index contributed by atoms with van der Waals surface area (Å²) in [5.41, 5.74) is 1.36. The highest BCUT2D eigenvalue weighted by Gasteiger charge is 2.35. The molecule has 2 aromatic rings. The molecule has 0 bridgehead atoms. The van der Waals surface area contributed by atoms with Gasteiger partial charge in [-0.05, 0) is 17.0 Å². The van der Waals surface area contributed by atoms with Crippen LogP contribution in [0.4, 0.5) is 5.69 Å². The first-order valence-electron chi connectivity index (χ1n) is 11.2. The van der Waals surface area contributed by atoms with Gasteiger partial charge in [-0.3, -0.25) is 24.6 Å². The Labute approximate surface area is 201 Å². The Morgan fingerprint density at radius 2 is 2.06 bits per heavy atom. The second kappa shape index (κ2) is 10.9. The van der Waals surface area contributed by atoms with Gasteiger partial charge in [-0.1, -0.05) is 18.2 Å². The second-order valence-corrected chi connectivity index (χ2v) is 9.18. The topological polar surface area (TPSA) is 109 Å². The first-order chi connectivity index (χ1) is 16.4. The number of rotatable bonds is 8. The van der Waals surface area contributed by atoms with E-state index in [1.54, 1.807) is 12.1 Å². The molecule has 1 fully saturated rings. The fourth-order valence-corrected chi connectivity index (χ4v) is 4.83. The second-order valence-electron chi connectivity index (χ2n) is 8.23. The fourth-order valence-electron chi connectivity index (χ4n) is 4.11. The van der Waals surface area contributed by atoms with Crippen molar-refractivity contribution in [2.75, 3.05) is 45.9 Å². The number of hydrazone groups is 1. The number of nitro benzene ring substituents is 1. The molecule has 34 heavy (non-hydrogen) atoms. The van der Waals surface area contributed by atoms with E-state index < -0.39 is 11.0 Å². The van der Waals surface area contributed by atoms with Gasteiger partial charge >= 0.3 is 0 Å². The Bertz CT molecular complexity index is 1070. The van der Waals surface area contributed by atoms with E-state index in [1.165, 1.54) is 40.3 Å². The summed E-state index contributed by atoms with van der Waals surface area (Å²) < 4.78 is 5.36. The molecule has 1 aromatic carbocycles. The number of nitrogens with zero attached hydrogens (tertiary/aromatic N) is 5. The highest BCUT2D eigenvalue weighted by Crippen LogP contribution is 2.35. The molecule has 0 spiro atoms. The molecule has 180 valence electrons. The lowest BCUT2D eigenvalue weighted by atomic mass is 10.0. The molecule has 1 atom stereocenters. The molecular weight excluding hydrogens is 458 g/mol. The molecule has 0 unspecified atom stereocenters. The van der Waals surface area contributed by atoms with Crippen LogP contribution in [0.15, 0.2) is 46.9 Å². The highest BCUT2D eigenvalue weighted by molar-refractivity contribution is 7.12. The van der Waals surface area contributed by atoms with Crippen molar-refractivity contribution in [3.8, 4) is 0 Å². The van der Waals surface area contributed by atoms with Gasteiger partial charge in [0.15, 0.2) is 0 Å². The maximum atomic E-state index is 13.4. The van der Waals surface area contributed by atoms with Gasteiger partial charge in [0.2, 0.25) is 5.91 Å². The average molecular weight is 486 g/mol. The van der Waals surface area contributed by atoms with E-state index in [4.69, 9.17) is 4.74 Å². The first kappa shape index (κ1) is 24.0. The number of hydrogen-bond donors (Lipinski definition) is 0. The molecule has 11 heteroatoms. The van der Waals surface area contributed by atoms with Gasteiger partial charge in [0.05, 0.1) is 34.8 Å². The summed E-state index contributed by atoms with van der Waals surface area (Å²) in [5.74, 6) is -0.504. The summed E-state index contributed by atoms with van der Waals surface area (Å²) in [7, 11) is 0. The predicted octanol–water partition coefficient (Wildman–Crippen LogP) is 2.51. The fraction of sp³-hybridized carbons (Fsp3) is 0.435. The van der Waals surface area contributed by atoms with E-state index in [1.807, 2.05) is 17.5 Å². The Hall–Kier alpha value is -3.15. The number of hydrogen-bond acceptors (Lipinski definition) is 8. The van der Waals surface area contributed by atoms with Gasteiger partial charge < -0.3 is 9.64 Å². The van der Waals surface area contributed by atoms with E-state index in [0.717, 1.165) is 23.7 Å².